The third-order valence-corrected chi connectivity index (χ3v) is 12.1. The van der Waals surface area contributed by atoms with E-state index >= 15 is 0 Å². The Kier molecular flexibility index (Phi) is 9.69. The Hall–Kier alpha value is -7.78. The van der Waals surface area contributed by atoms with Crippen LogP contribution in [0.3, 0.4) is 0 Å². The second-order valence-corrected chi connectivity index (χ2v) is 16.3. The van der Waals surface area contributed by atoms with Crippen LogP contribution in [0.15, 0.2) is 158 Å². The average molecular weight is 894 g/mol. The first-order valence-electron chi connectivity index (χ1n) is 20.6. The Morgan fingerprint density at radius 3 is 1.39 bits per heavy atom. The zero-order valence-electron chi connectivity index (χ0n) is 34.8. The van der Waals surface area contributed by atoms with Gasteiger partial charge >= 0.3 is 18.5 Å². The molecule has 0 aliphatic heterocycles. The van der Waals surface area contributed by atoms with Gasteiger partial charge in [0.1, 0.15) is 0 Å². The first-order valence-corrected chi connectivity index (χ1v) is 20.6. The lowest BCUT2D eigenvalue weighted by molar-refractivity contribution is -0.138. The summed E-state index contributed by atoms with van der Waals surface area (Å²) in [6, 6.07) is 40.8. The van der Waals surface area contributed by atoms with Gasteiger partial charge in [-0.1, -0.05) is 84.9 Å². The average Bonchev–Trinajstić information content (AvgIpc) is 3.79. The minimum Gasteiger partial charge on any atom is -0.319 e. The summed E-state index contributed by atoms with van der Waals surface area (Å²) in [6.07, 6.45) is -13.9. The zero-order valence-corrected chi connectivity index (χ0v) is 34.8. The van der Waals surface area contributed by atoms with Crippen molar-refractivity contribution in [1.29, 1.82) is 0 Å². The van der Waals surface area contributed by atoms with E-state index < -0.39 is 35.2 Å². The summed E-state index contributed by atoms with van der Waals surface area (Å²) >= 11 is 0. The van der Waals surface area contributed by atoms with Crippen LogP contribution in [-0.2, 0) is 18.5 Å². The van der Waals surface area contributed by atoms with Gasteiger partial charge in [0.15, 0.2) is 0 Å². The number of aryl methyl sites for hydroxylation is 2. The Labute approximate surface area is 371 Å². The van der Waals surface area contributed by atoms with Gasteiger partial charge in [0.25, 0.3) is 0 Å². The molecule has 0 bridgehead atoms. The number of fused-ring (bicyclic) bond motifs is 6. The molecule has 0 aliphatic carbocycles. The fourth-order valence-corrected chi connectivity index (χ4v) is 9.30. The molecule has 2 aromatic heterocycles. The van der Waals surface area contributed by atoms with Gasteiger partial charge in [-0.3, -0.25) is 0 Å². The molecule has 0 saturated heterocycles. The van der Waals surface area contributed by atoms with Crippen LogP contribution in [0.25, 0.3) is 93.2 Å². The highest BCUT2D eigenvalue weighted by Crippen LogP contribution is 2.49. The minimum absolute atomic E-state index is 0.00931. The second kappa shape index (κ2) is 15.2. The number of alkyl halides is 9. The lowest BCUT2D eigenvalue weighted by Crippen LogP contribution is -2.09. The van der Waals surface area contributed by atoms with Crippen LogP contribution in [0, 0.1) is 20.4 Å². The lowest BCUT2D eigenvalue weighted by atomic mass is 9.95. The number of para-hydroxylation sites is 2. The van der Waals surface area contributed by atoms with Gasteiger partial charge in [0, 0.05) is 21.5 Å². The topological polar surface area (TPSA) is 14.2 Å². The first-order chi connectivity index (χ1) is 31.4. The molecule has 326 valence electrons. The van der Waals surface area contributed by atoms with Gasteiger partial charge in [-0.15, -0.1) is 0 Å². The van der Waals surface area contributed by atoms with Crippen LogP contribution in [0.1, 0.15) is 27.8 Å². The third kappa shape index (κ3) is 7.02. The van der Waals surface area contributed by atoms with Crippen LogP contribution in [0.2, 0.25) is 0 Å². The van der Waals surface area contributed by atoms with E-state index in [1.165, 1.54) is 18.2 Å². The quantitative estimate of drug-likeness (QED) is 0.121. The number of benzene rings is 8. The Morgan fingerprint density at radius 1 is 0.409 bits per heavy atom. The maximum atomic E-state index is 14.9. The Balaban J connectivity index is 1.28. The van der Waals surface area contributed by atoms with Crippen LogP contribution >= 0.6 is 0 Å². The van der Waals surface area contributed by atoms with Gasteiger partial charge in [-0.05, 0) is 131 Å². The van der Waals surface area contributed by atoms with Crippen molar-refractivity contribution < 1.29 is 39.5 Å². The van der Waals surface area contributed by atoms with Crippen molar-refractivity contribution in [2.24, 2.45) is 0 Å². The molecule has 66 heavy (non-hydrogen) atoms. The number of halogens is 9. The molecule has 0 radical (unpaired) electrons. The molecule has 0 amide bonds. The van der Waals surface area contributed by atoms with E-state index in [-0.39, 0.29) is 22.5 Å². The monoisotopic (exact) mass is 893 g/mol. The SMILES string of the molecule is [C-]#[N+]c1c(-n2c3ccccc3c3cc(-c4cc(C)cc(C(F)(F)F)c4)ccc32)ccc(-c2ccccc2C(F)(F)F)c1-n1c2ccccc2c2cc(-c3cc(C)cc(C(F)(F)F)c3)ccc21. The van der Waals surface area contributed by atoms with Crippen LogP contribution in [-0.4, -0.2) is 9.13 Å². The molecular formula is C54H32F9N3. The Bertz CT molecular complexity index is 3650. The van der Waals surface area contributed by atoms with Gasteiger partial charge in [0.05, 0.1) is 56.7 Å². The van der Waals surface area contributed by atoms with Crippen molar-refractivity contribution in [1.82, 2.24) is 9.13 Å². The molecule has 12 heteroatoms. The molecule has 0 saturated carbocycles. The molecule has 0 spiro atoms. The standard InChI is InChI=1S/C54H32F9N3/c1-30-22-34(26-36(24-30)52(55,56)57)32-16-19-47-42(28-32)39-11-5-8-14-45(39)65(47)49-21-18-41(38-10-4-7-13-44(38)54(61,62)63)51(50(49)64-3)66-46-15-9-6-12-40(46)43-29-33(17-20-48(43)66)35-23-31(2)25-37(27-35)53(58,59)60/h4-29H,1-2H3. The van der Waals surface area contributed by atoms with Gasteiger partial charge < -0.3 is 9.13 Å². The van der Waals surface area contributed by atoms with Crippen molar-refractivity contribution in [2.75, 3.05) is 0 Å². The van der Waals surface area contributed by atoms with E-state index in [4.69, 9.17) is 6.57 Å². The van der Waals surface area contributed by atoms with Crippen molar-refractivity contribution in [3.05, 3.63) is 197 Å². The van der Waals surface area contributed by atoms with E-state index in [1.807, 2.05) is 28.8 Å². The van der Waals surface area contributed by atoms with E-state index in [9.17, 15) is 39.5 Å². The van der Waals surface area contributed by atoms with E-state index in [0.29, 0.717) is 77.3 Å². The van der Waals surface area contributed by atoms with Crippen molar-refractivity contribution in [2.45, 2.75) is 32.4 Å². The predicted octanol–water partition coefficient (Wildman–Crippen LogP) is 17.1. The summed E-state index contributed by atoms with van der Waals surface area (Å²) in [7, 11) is 0. The summed E-state index contributed by atoms with van der Waals surface area (Å²) in [6.45, 7) is 12.0. The van der Waals surface area contributed by atoms with Gasteiger partial charge in [-0.2, -0.15) is 39.5 Å². The molecule has 10 aromatic rings. The summed E-state index contributed by atoms with van der Waals surface area (Å²) < 4.78 is 132. The molecule has 0 fully saturated rings. The van der Waals surface area contributed by atoms with Crippen LogP contribution < -0.4 is 0 Å². The lowest BCUT2D eigenvalue weighted by Gasteiger charge is -2.22. The van der Waals surface area contributed by atoms with Crippen molar-refractivity contribution in [3.63, 3.8) is 0 Å². The summed E-state index contributed by atoms with van der Waals surface area (Å²) in [5.74, 6) is 0. The molecule has 10 rings (SSSR count). The van der Waals surface area contributed by atoms with Crippen LogP contribution in [0.5, 0.6) is 0 Å². The first kappa shape index (κ1) is 42.2. The maximum Gasteiger partial charge on any atom is 0.417 e. The molecule has 0 atom stereocenters. The number of aromatic nitrogens is 2. The minimum atomic E-state index is -4.79. The number of hydrogen-bond donors (Lipinski definition) is 0. The summed E-state index contributed by atoms with van der Waals surface area (Å²) in [5, 5.41) is 2.61. The van der Waals surface area contributed by atoms with Gasteiger partial charge in [0.2, 0.25) is 5.69 Å². The zero-order chi connectivity index (χ0) is 46.4. The largest absolute Gasteiger partial charge is 0.417 e. The molecule has 0 unspecified atom stereocenters. The second-order valence-electron chi connectivity index (χ2n) is 16.3. The number of nitrogens with zero attached hydrogens (tertiary/aromatic N) is 3. The number of hydrogen-bond acceptors (Lipinski definition) is 0. The molecule has 3 nitrogen and oxygen atoms in total. The molecule has 8 aromatic carbocycles. The highest BCUT2D eigenvalue weighted by molar-refractivity contribution is 6.14. The maximum absolute atomic E-state index is 14.9. The van der Waals surface area contributed by atoms with Crippen LogP contribution in [0.4, 0.5) is 45.2 Å². The highest BCUT2D eigenvalue weighted by Gasteiger charge is 2.36. The summed E-state index contributed by atoms with van der Waals surface area (Å²) in [4.78, 5) is 4.12. The molecule has 2 heterocycles. The predicted molar refractivity (Wildman–Crippen MR) is 242 cm³/mol. The fourth-order valence-electron chi connectivity index (χ4n) is 9.30. The van der Waals surface area contributed by atoms with E-state index in [0.717, 1.165) is 35.7 Å². The Morgan fingerprint density at radius 2 is 0.879 bits per heavy atom. The number of rotatable bonds is 5. The fraction of sp³-hybridized carbons (Fsp3) is 0.0926. The van der Waals surface area contributed by atoms with E-state index in [1.54, 1.807) is 103 Å². The summed E-state index contributed by atoms with van der Waals surface area (Å²) in [5.41, 5.74) is 2.60. The smallest absolute Gasteiger partial charge is 0.319 e. The highest BCUT2D eigenvalue weighted by atomic mass is 19.4. The third-order valence-electron chi connectivity index (χ3n) is 12.1. The molecule has 0 aliphatic rings. The van der Waals surface area contributed by atoms with Crippen molar-refractivity contribution in [3.8, 4) is 44.8 Å². The van der Waals surface area contributed by atoms with Gasteiger partial charge in [-0.25, -0.2) is 4.85 Å². The normalized spacial score (nSPS) is 12.5. The van der Waals surface area contributed by atoms with Crippen molar-refractivity contribution >= 4 is 49.3 Å². The molecule has 0 N–H and O–H groups in total. The molecular weight excluding hydrogens is 862 g/mol. The van der Waals surface area contributed by atoms with E-state index in [2.05, 4.69) is 4.85 Å².